The van der Waals surface area contributed by atoms with Crippen molar-refractivity contribution in [1.82, 2.24) is 9.55 Å². The molecule has 0 atom stereocenters. The van der Waals surface area contributed by atoms with Crippen molar-refractivity contribution in [2.24, 2.45) is 0 Å². The Bertz CT molecular complexity index is 1410. The van der Waals surface area contributed by atoms with Gasteiger partial charge in [0, 0.05) is 21.1 Å². The predicted octanol–water partition coefficient (Wildman–Crippen LogP) is 4.52. The Balaban J connectivity index is 1.79. The Morgan fingerprint density at radius 1 is 1.23 bits per heavy atom. The molecule has 0 saturated heterocycles. The van der Waals surface area contributed by atoms with E-state index in [0.717, 1.165) is 23.0 Å². The summed E-state index contributed by atoms with van der Waals surface area (Å²) in [6.45, 7) is 0. The van der Waals surface area contributed by atoms with Crippen LogP contribution in [0.15, 0.2) is 62.3 Å². The van der Waals surface area contributed by atoms with Crippen LogP contribution in [0.2, 0.25) is 5.02 Å². The van der Waals surface area contributed by atoms with Gasteiger partial charge in [0.2, 0.25) is 0 Å². The molecule has 0 aliphatic rings. The van der Waals surface area contributed by atoms with E-state index in [4.69, 9.17) is 11.6 Å². The number of carboxylic acid groups (broad SMARTS) is 1. The number of H-pyrrole nitrogens is 1. The summed E-state index contributed by atoms with van der Waals surface area (Å²) in [7, 11) is 0. The normalized spacial score (nSPS) is 11.1. The monoisotopic (exact) mass is 462 g/mol. The standard InChI is InChI=1S/C20H12ClFN2O4S2/c21-11-3-1-2-10(6-11)8-29-12-4-5-13(22)15(7-12)24-18(25)16-14(23-20(24)28)9-30-17(16)19(26)27/h1-7,9H,8H2,(H,23,28)(H,26,27). The summed E-state index contributed by atoms with van der Waals surface area (Å²) >= 11 is 8.18. The average molecular weight is 463 g/mol. The first-order valence-electron chi connectivity index (χ1n) is 8.52. The van der Waals surface area contributed by atoms with Crippen LogP contribution in [0.3, 0.4) is 0 Å². The molecule has 2 N–H and O–H groups in total. The Hall–Kier alpha value is -2.88. The molecular formula is C20H12ClFN2O4S2. The number of carboxylic acids is 1. The highest BCUT2D eigenvalue weighted by molar-refractivity contribution is 7.98. The van der Waals surface area contributed by atoms with Crippen molar-refractivity contribution in [3.05, 3.63) is 90.0 Å². The number of carbonyl (C=O) groups is 1. The minimum absolute atomic E-state index is 0.107. The lowest BCUT2D eigenvalue weighted by Crippen LogP contribution is -2.34. The largest absolute Gasteiger partial charge is 0.477 e. The number of hydrogen-bond donors (Lipinski definition) is 2. The Kier molecular flexibility index (Phi) is 5.50. The van der Waals surface area contributed by atoms with E-state index < -0.39 is 23.0 Å². The number of fused-ring (bicyclic) bond motifs is 1. The molecule has 0 fully saturated rings. The number of aromatic amines is 1. The molecular weight excluding hydrogens is 451 g/mol. The van der Waals surface area contributed by atoms with E-state index in [9.17, 15) is 23.9 Å². The van der Waals surface area contributed by atoms with Gasteiger partial charge in [-0.15, -0.1) is 23.1 Å². The molecule has 0 bridgehead atoms. The van der Waals surface area contributed by atoms with Crippen molar-refractivity contribution in [2.75, 3.05) is 0 Å². The first kappa shape index (κ1) is 20.4. The second kappa shape index (κ2) is 8.10. The second-order valence-corrected chi connectivity index (χ2v) is 8.63. The summed E-state index contributed by atoms with van der Waals surface area (Å²) in [5, 5.41) is 11.1. The van der Waals surface area contributed by atoms with E-state index in [1.54, 1.807) is 12.1 Å². The second-order valence-electron chi connectivity index (χ2n) is 6.26. The van der Waals surface area contributed by atoms with Gasteiger partial charge in [0.15, 0.2) is 0 Å². The van der Waals surface area contributed by atoms with Crippen LogP contribution in [0, 0.1) is 5.82 Å². The molecule has 0 aliphatic carbocycles. The fourth-order valence-electron chi connectivity index (χ4n) is 2.96. The lowest BCUT2D eigenvalue weighted by atomic mass is 10.2. The fraction of sp³-hybridized carbons (Fsp3) is 0.0500. The van der Waals surface area contributed by atoms with Crippen LogP contribution < -0.4 is 11.2 Å². The molecule has 0 unspecified atom stereocenters. The van der Waals surface area contributed by atoms with Crippen molar-refractivity contribution in [1.29, 1.82) is 0 Å². The van der Waals surface area contributed by atoms with Crippen LogP contribution in [0.25, 0.3) is 16.6 Å². The molecule has 2 heterocycles. The van der Waals surface area contributed by atoms with Gasteiger partial charge in [0.05, 0.1) is 16.6 Å². The lowest BCUT2D eigenvalue weighted by Gasteiger charge is -2.09. The van der Waals surface area contributed by atoms with Crippen LogP contribution in [0.5, 0.6) is 0 Å². The molecule has 0 amide bonds. The molecule has 2 aromatic carbocycles. The van der Waals surface area contributed by atoms with E-state index in [1.807, 2.05) is 18.2 Å². The number of nitrogens with zero attached hydrogens (tertiary/aromatic N) is 1. The van der Waals surface area contributed by atoms with Crippen LogP contribution in [0.4, 0.5) is 4.39 Å². The topological polar surface area (TPSA) is 92.2 Å². The zero-order valence-corrected chi connectivity index (χ0v) is 17.4. The third-order valence-corrected chi connectivity index (χ3v) is 6.57. The maximum atomic E-state index is 14.6. The minimum atomic E-state index is -1.29. The summed E-state index contributed by atoms with van der Waals surface area (Å²) in [5.41, 5.74) is -0.919. The average Bonchev–Trinajstić information content (AvgIpc) is 3.12. The Morgan fingerprint density at radius 3 is 2.77 bits per heavy atom. The van der Waals surface area contributed by atoms with E-state index >= 15 is 0 Å². The number of nitrogens with one attached hydrogen (secondary N) is 1. The van der Waals surface area contributed by atoms with Crippen molar-refractivity contribution >= 4 is 51.6 Å². The van der Waals surface area contributed by atoms with Gasteiger partial charge in [-0.25, -0.2) is 18.5 Å². The molecule has 0 aliphatic heterocycles. The quantitative estimate of drug-likeness (QED) is 0.425. The van der Waals surface area contributed by atoms with Gasteiger partial charge < -0.3 is 10.1 Å². The molecule has 2 aromatic heterocycles. The highest BCUT2D eigenvalue weighted by Gasteiger charge is 2.20. The van der Waals surface area contributed by atoms with E-state index in [2.05, 4.69) is 4.98 Å². The smallest absolute Gasteiger partial charge is 0.346 e. The molecule has 0 saturated carbocycles. The number of rotatable bonds is 5. The van der Waals surface area contributed by atoms with Gasteiger partial charge in [0.25, 0.3) is 5.56 Å². The zero-order valence-electron chi connectivity index (χ0n) is 15.0. The first-order valence-corrected chi connectivity index (χ1v) is 10.8. The molecule has 4 aromatic rings. The summed E-state index contributed by atoms with van der Waals surface area (Å²) in [6, 6.07) is 11.4. The van der Waals surface area contributed by atoms with Gasteiger partial charge in [-0.2, -0.15) is 0 Å². The van der Waals surface area contributed by atoms with Crippen LogP contribution in [0.1, 0.15) is 15.2 Å². The van der Waals surface area contributed by atoms with E-state index in [1.165, 1.54) is 23.2 Å². The van der Waals surface area contributed by atoms with E-state index in [-0.39, 0.29) is 21.5 Å². The van der Waals surface area contributed by atoms with Gasteiger partial charge in [0.1, 0.15) is 10.7 Å². The molecule has 0 spiro atoms. The Labute approximate surface area is 181 Å². The van der Waals surface area contributed by atoms with Crippen LogP contribution >= 0.6 is 34.7 Å². The fourth-order valence-corrected chi connectivity index (χ4v) is 4.87. The van der Waals surface area contributed by atoms with Crippen molar-refractivity contribution < 1.29 is 14.3 Å². The molecule has 152 valence electrons. The van der Waals surface area contributed by atoms with Crippen molar-refractivity contribution in [3.8, 4) is 5.69 Å². The summed E-state index contributed by atoms with van der Waals surface area (Å²) in [5.74, 6) is -1.53. The maximum Gasteiger partial charge on any atom is 0.346 e. The van der Waals surface area contributed by atoms with Crippen molar-refractivity contribution in [3.63, 3.8) is 0 Å². The molecule has 10 heteroatoms. The third-order valence-electron chi connectivity index (χ3n) is 4.30. The highest BCUT2D eigenvalue weighted by Crippen LogP contribution is 2.27. The summed E-state index contributed by atoms with van der Waals surface area (Å²) < 4.78 is 15.2. The number of halogens is 2. The number of thioether (sulfide) groups is 1. The van der Waals surface area contributed by atoms with Gasteiger partial charge in [-0.05, 0) is 35.9 Å². The van der Waals surface area contributed by atoms with Gasteiger partial charge in [-0.1, -0.05) is 23.7 Å². The van der Waals surface area contributed by atoms with Gasteiger partial charge >= 0.3 is 11.7 Å². The van der Waals surface area contributed by atoms with Crippen LogP contribution in [-0.4, -0.2) is 20.6 Å². The van der Waals surface area contributed by atoms with Crippen molar-refractivity contribution in [2.45, 2.75) is 10.6 Å². The molecule has 0 radical (unpaired) electrons. The predicted molar refractivity (Wildman–Crippen MR) is 116 cm³/mol. The number of hydrogen-bond acceptors (Lipinski definition) is 5. The SMILES string of the molecule is O=C(O)c1scc2[nH]c(=O)n(-c3cc(SCc4cccc(Cl)c4)ccc3F)c(=O)c12. The number of thiophene rings is 1. The maximum absolute atomic E-state index is 14.6. The molecule has 30 heavy (non-hydrogen) atoms. The minimum Gasteiger partial charge on any atom is -0.477 e. The van der Waals surface area contributed by atoms with E-state index in [0.29, 0.717) is 20.2 Å². The molecule has 6 nitrogen and oxygen atoms in total. The van der Waals surface area contributed by atoms with Gasteiger partial charge in [-0.3, -0.25) is 4.79 Å². The number of aromatic carboxylic acids is 1. The number of aromatic nitrogens is 2. The van der Waals surface area contributed by atoms with Crippen LogP contribution in [-0.2, 0) is 5.75 Å². The lowest BCUT2D eigenvalue weighted by molar-refractivity contribution is 0.0704. The number of benzene rings is 2. The summed E-state index contributed by atoms with van der Waals surface area (Å²) in [6.07, 6.45) is 0. The zero-order chi connectivity index (χ0) is 21.4. The third kappa shape index (κ3) is 3.79. The molecule has 4 rings (SSSR count). The first-order chi connectivity index (χ1) is 14.3. The highest BCUT2D eigenvalue weighted by atomic mass is 35.5. The Morgan fingerprint density at radius 2 is 2.03 bits per heavy atom. The summed E-state index contributed by atoms with van der Waals surface area (Å²) in [4.78, 5) is 39.7.